The standard InChI is InChI=1S/C16H24O4/c1-13(12-19-16-9-5-6-10-18-16)20-15(11-17)14-7-3-2-4-8-14/h2-4,7-8,13,15-17H,5-6,9-12H2,1H3/t13-,15+,16?/m1/s1. The summed E-state index contributed by atoms with van der Waals surface area (Å²) in [6.07, 6.45) is 2.74. The second-order valence-electron chi connectivity index (χ2n) is 5.16. The predicted octanol–water partition coefficient (Wildman–Crippen LogP) is 2.67. The lowest BCUT2D eigenvalue weighted by atomic mass is 10.1. The highest BCUT2D eigenvalue weighted by atomic mass is 16.7. The quantitative estimate of drug-likeness (QED) is 0.834. The fourth-order valence-electron chi connectivity index (χ4n) is 2.30. The first-order valence-electron chi connectivity index (χ1n) is 7.34. The van der Waals surface area contributed by atoms with Crippen LogP contribution in [-0.4, -0.2) is 37.3 Å². The minimum Gasteiger partial charge on any atom is -0.393 e. The lowest BCUT2D eigenvalue weighted by Gasteiger charge is -2.26. The first-order valence-corrected chi connectivity index (χ1v) is 7.34. The molecule has 1 N–H and O–H groups in total. The zero-order valence-corrected chi connectivity index (χ0v) is 12.0. The van der Waals surface area contributed by atoms with Crippen LogP contribution < -0.4 is 0 Å². The molecule has 0 amide bonds. The van der Waals surface area contributed by atoms with Gasteiger partial charge in [0.1, 0.15) is 6.10 Å². The number of benzene rings is 1. The van der Waals surface area contributed by atoms with Crippen molar-refractivity contribution in [3.63, 3.8) is 0 Å². The Kier molecular flexibility index (Phi) is 6.47. The summed E-state index contributed by atoms with van der Waals surface area (Å²) in [6.45, 7) is 3.18. The molecule has 1 heterocycles. The van der Waals surface area contributed by atoms with Crippen LogP contribution in [0.3, 0.4) is 0 Å². The molecule has 0 aliphatic carbocycles. The Bertz CT molecular complexity index is 362. The number of rotatable bonds is 7. The van der Waals surface area contributed by atoms with Crippen LogP contribution in [-0.2, 0) is 14.2 Å². The van der Waals surface area contributed by atoms with Crippen LogP contribution in [0.5, 0.6) is 0 Å². The van der Waals surface area contributed by atoms with Crippen molar-refractivity contribution in [2.24, 2.45) is 0 Å². The Hall–Kier alpha value is -0.940. The minimum absolute atomic E-state index is 0.0335. The molecule has 0 spiro atoms. The van der Waals surface area contributed by atoms with E-state index in [1.165, 1.54) is 0 Å². The smallest absolute Gasteiger partial charge is 0.157 e. The lowest BCUT2D eigenvalue weighted by molar-refractivity contribution is -0.184. The van der Waals surface area contributed by atoms with Crippen molar-refractivity contribution in [1.29, 1.82) is 0 Å². The molecule has 2 rings (SSSR count). The number of hydrogen-bond donors (Lipinski definition) is 1. The van der Waals surface area contributed by atoms with Crippen LogP contribution >= 0.6 is 0 Å². The molecular weight excluding hydrogens is 256 g/mol. The van der Waals surface area contributed by atoms with E-state index < -0.39 is 0 Å². The Morgan fingerprint density at radius 3 is 2.75 bits per heavy atom. The van der Waals surface area contributed by atoms with E-state index in [1.54, 1.807) is 0 Å². The highest BCUT2D eigenvalue weighted by molar-refractivity contribution is 5.17. The van der Waals surface area contributed by atoms with Gasteiger partial charge < -0.3 is 19.3 Å². The van der Waals surface area contributed by atoms with Gasteiger partial charge >= 0.3 is 0 Å². The van der Waals surface area contributed by atoms with E-state index in [0.717, 1.165) is 31.4 Å². The van der Waals surface area contributed by atoms with E-state index in [4.69, 9.17) is 14.2 Å². The Morgan fingerprint density at radius 1 is 1.30 bits per heavy atom. The van der Waals surface area contributed by atoms with Gasteiger partial charge in [-0.1, -0.05) is 30.3 Å². The fourth-order valence-corrected chi connectivity index (χ4v) is 2.30. The second-order valence-corrected chi connectivity index (χ2v) is 5.16. The molecule has 112 valence electrons. The first-order chi connectivity index (χ1) is 9.79. The lowest BCUT2D eigenvalue weighted by Crippen LogP contribution is -2.28. The monoisotopic (exact) mass is 280 g/mol. The van der Waals surface area contributed by atoms with Crippen molar-refractivity contribution in [3.8, 4) is 0 Å². The molecule has 1 saturated heterocycles. The molecule has 1 fully saturated rings. The van der Waals surface area contributed by atoms with Gasteiger partial charge in [0.2, 0.25) is 0 Å². The maximum Gasteiger partial charge on any atom is 0.157 e. The van der Waals surface area contributed by atoms with Crippen molar-refractivity contribution in [1.82, 2.24) is 0 Å². The molecule has 1 aliphatic heterocycles. The summed E-state index contributed by atoms with van der Waals surface area (Å²) in [7, 11) is 0. The molecule has 4 nitrogen and oxygen atoms in total. The average Bonchev–Trinajstić information content (AvgIpc) is 2.52. The molecule has 3 atom stereocenters. The molecule has 0 bridgehead atoms. The van der Waals surface area contributed by atoms with Gasteiger partial charge in [-0.15, -0.1) is 0 Å². The number of aliphatic hydroxyl groups excluding tert-OH is 1. The Morgan fingerprint density at radius 2 is 2.10 bits per heavy atom. The summed E-state index contributed by atoms with van der Waals surface area (Å²) in [5.74, 6) is 0. The van der Waals surface area contributed by atoms with Gasteiger partial charge in [0.15, 0.2) is 6.29 Å². The topological polar surface area (TPSA) is 47.9 Å². The molecule has 1 aliphatic rings. The fraction of sp³-hybridized carbons (Fsp3) is 0.625. The van der Waals surface area contributed by atoms with E-state index >= 15 is 0 Å². The number of ether oxygens (including phenoxy) is 3. The van der Waals surface area contributed by atoms with Gasteiger partial charge in [-0.3, -0.25) is 0 Å². The third-order valence-electron chi connectivity index (χ3n) is 3.39. The third-order valence-corrected chi connectivity index (χ3v) is 3.39. The van der Waals surface area contributed by atoms with E-state index in [9.17, 15) is 5.11 Å². The van der Waals surface area contributed by atoms with Gasteiger partial charge in [-0.25, -0.2) is 0 Å². The second kappa shape index (κ2) is 8.37. The molecule has 20 heavy (non-hydrogen) atoms. The van der Waals surface area contributed by atoms with Crippen LogP contribution in [0, 0.1) is 0 Å². The molecule has 1 unspecified atom stereocenters. The minimum atomic E-state index is -0.304. The highest BCUT2D eigenvalue weighted by Crippen LogP contribution is 2.19. The molecular formula is C16H24O4. The van der Waals surface area contributed by atoms with Crippen molar-refractivity contribution < 1.29 is 19.3 Å². The largest absolute Gasteiger partial charge is 0.393 e. The maximum atomic E-state index is 9.45. The first kappa shape index (κ1) is 15.4. The van der Waals surface area contributed by atoms with E-state index in [1.807, 2.05) is 37.3 Å². The third kappa shape index (κ3) is 4.87. The van der Waals surface area contributed by atoms with Gasteiger partial charge in [0.25, 0.3) is 0 Å². The van der Waals surface area contributed by atoms with Crippen molar-refractivity contribution in [2.45, 2.75) is 44.7 Å². The van der Waals surface area contributed by atoms with Crippen molar-refractivity contribution in [2.75, 3.05) is 19.8 Å². The summed E-state index contributed by atoms with van der Waals surface area (Å²) in [5, 5.41) is 9.45. The predicted molar refractivity (Wildman–Crippen MR) is 76.4 cm³/mol. The van der Waals surface area contributed by atoms with Crippen LogP contribution in [0.25, 0.3) is 0 Å². The summed E-state index contributed by atoms with van der Waals surface area (Å²) >= 11 is 0. The zero-order valence-electron chi connectivity index (χ0n) is 12.0. The number of hydrogen-bond acceptors (Lipinski definition) is 4. The van der Waals surface area contributed by atoms with E-state index in [2.05, 4.69) is 0 Å². The summed E-state index contributed by atoms with van der Waals surface area (Å²) < 4.78 is 17.1. The van der Waals surface area contributed by atoms with Crippen LogP contribution in [0.1, 0.15) is 37.9 Å². The summed E-state index contributed by atoms with van der Waals surface area (Å²) in [4.78, 5) is 0. The SMILES string of the molecule is C[C@H](COC1CCCCO1)O[C@@H](CO)c1ccccc1. The summed E-state index contributed by atoms with van der Waals surface area (Å²) in [6, 6.07) is 9.75. The Labute approximate surface area is 120 Å². The molecule has 1 aromatic carbocycles. The average molecular weight is 280 g/mol. The van der Waals surface area contributed by atoms with Crippen LogP contribution in [0.4, 0.5) is 0 Å². The van der Waals surface area contributed by atoms with Crippen LogP contribution in [0.2, 0.25) is 0 Å². The molecule has 0 saturated carbocycles. The highest BCUT2D eigenvalue weighted by Gasteiger charge is 2.18. The molecule has 0 radical (unpaired) electrons. The molecule has 0 aromatic heterocycles. The number of aliphatic hydroxyl groups is 1. The zero-order chi connectivity index (χ0) is 14.2. The summed E-state index contributed by atoms with van der Waals surface area (Å²) in [5.41, 5.74) is 0.982. The normalized spacial score (nSPS) is 22.4. The Balaban J connectivity index is 1.75. The maximum absolute atomic E-state index is 9.45. The van der Waals surface area contributed by atoms with Gasteiger partial charge in [0, 0.05) is 6.61 Å². The van der Waals surface area contributed by atoms with Crippen molar-refractivity contribution in [3.05, 3.63) is 35.9 Å². The van der Waals surface area contributed by atoms with Gasteiger partial charge in [-0.2, -0.15) is 0 Å². The molecule has 4 heteroatoms. The van der Waals surface area contributed by atoms with Gasteiger partial charge in [-0.05, 0) is 31.7 Å². The van der Waals surface area contributed by atoms with Crippen molar-refractivity contribution >= 4 is 0 Å². The van der Waals surface area contributed by atoms with Crippen LogP contribution in [0.15, 0.2) is 30.3 Å². The van der Waals surface area contributed by atoms with Gasteiger partial charge in [0.05, 0.1) is 19.3 Å². The van der Waals surface area contributed by atoms with E-state index in [-0.39, 0.29) is 25.1 Å². The molecule has 1 aromatic rings. The van der Waals surface area contributed by atoms with E-state index in [0.29, 0.717) is 6.61 Å².